The van der Waals surface area contributed by atoms with E-state index >= 15 is 0 Å². The molecule has 0 fully saturated rings. The van der Waals surface area contributed by atoms with Crippen molar-refractivity contribution in [3.8, 4) is 0 Å². The number of nitrogens with two attached hydrogens (primary N) is 1. The predicted octanol–water partition coefficient (Wildman–Crippen LogP) is 1.42. The van der Waals surface area contributed by atoms with Crippen molar-refractivity contribution in [1.29, 1.82) is 0 Å². The number of benzene rings is 1. The van der Waals surface area contributed by atoms with Crippen molar-refractivity contribution in [2.45, 2.75) is 4.90 Å². The van der Waals surface area contributed by atoms with E-state index in [1.807, 2.05) is 0 Å². The number of halogens is 1. The number of aromatic nitrogens is 2. The second kappa shape index (κ2) is 5.50. The van der Waals surface area contributed by atoms with E-state index in [0.29, 0.717) is 0 Å². The molecule has 9 nitrogen and oxygen atoms in total. The molecule has 0 aliphatic rings. The summed E-state index contributed by atoms with van der Waals surface area (Å²) in [5.41, 5.74) is 4.84. The molecular weight excluding hydrogens is 322 g/mol. The van der Waals surface area contributed by atoms with Gasteiger partial charge in [-0.15, -0.1) is 0 Å². The van der Waals surface area contributed by atoms with Crippen molar-refractivity contribution in [2.75, 3.05) is 10.5 Å². The molecule has 1 aromatic heterocycles. The lowest BCUT2D eigenvalue weighted by Crippen LogP contribution is -2.14. The fourth-order valence-electron chi connectivity index (χ4n) is 1.40. The van der Waals surface area contributed by atoms with Gasteiger partial charge < -0.3 is 5.73 Å². The van der Waals surface area contributed by atoms with Gasteiger partial charge in [0.15, 0.2) is 0 Å². The molecule has 0 radical (unpaired) electrons. The number of rotatable bonds is 4. The van der Waals surface area contributed by atoms with Crippen LogP contribution in [0.4, 0.5) is 17.3 Å². The van der Waals surface area contributed by atoms with Crippen LogP contribution in [0.2, 0.25) is 5.02 Å². The number of nitro benzene ring substituents is 1. The molecule has 0 amide bonds. The van der Waals surface area contributed by atoms with Gasteiger partial charge in [-0.25, -0.2) is 18.4 Å². The predicted molar refractivity (Wildman–Crippen MR) is 75.4 cm³/mol. The van der Waals surface area contributed by atoms with Crippen molar-refractivity contribution in [3.63, 3.8) is 0 Å². The first-order valence-corrected chi connectivity index (χ1v) is 7.20. The SMILES string of the molecule is Nc1ncc(S(=O)(=O)Nc2ccc(Cl)c([N+](=O)[O-])c2)cn1. The highest BCUT2D eigenvalue weighted by molar-refractivity contribution is 7.92. The van der Waals surface area contributed by atoms with Crippen LogP contribution in [0, 0.1) is 10.1 Å². The fraction of sp³-hybridized carbons (Fsp3) is 0. The highest BCUT2D eigenvalue weighted by atomic mass is 35.5. The van der Waals surface area contributed by atoms with Gasteiger partial charge in [-0.2, -0.15) is 0 Å². The molecule has 2 rings (SSSR count). The molecule has 0 bridgehead atoms. The van der Waals surface area contributed by atoms with E-state index in [-0.39, 0.29) is 21.6 Å². The Balaban J connectivity index is 2.35. The molecule has 2 aromatic rings. The lowest BCUT2D eigenvalue weighted by atomic mass is 10.3. The maximum absolute atomic E-state index is 12.0. The molecule has 0 saturated carbocycles. The second-order valence-corrected chi connectivity index (χ2v) is 5.90. The zero-order valence-electron chi connectivity index (χ0n) is 10.2. The van der Waals surface area contributed by atoms with Crippen molar-refractivity contribution >= 4 is 38.9 Å². The first-order chi connectivity index (χ1) is 9.79. The van der Waals surface area contributed by atoms with Gasteiger partial charge in [0, 0.05) is 6.07 Å². The average molecular weight is 330 g/mol. The molecular formula is C10H8ClN5O4S. The summed E-state index contributed by atoms with van der Waals surface area (Å²) in [4.78, 5) is 16.9. The van der Waals surface area contributed by atoms with Crippen LogP contribution in [0.15, 0.2) is 35.5 Å². The highest BCUT2D eigenvalue weighted by Crippen LogP contribution is 2.28. The van der Waals surface area contributed by atoms with Gasteiger partial charge in [0.05, 0.1) is 23.0 Å². The Morgan fingerprint density at radius 3 is 2.48 bits per heavy atom. The van der Waals surface area contributed by atoms with Gasteiger partial charge >= 0.3 is 0 Å². The number of anilines is 2. The summed E-state index contributed by atoms with van der Waals surface area (Å²) in [7, 11) is -3.98. The first kappa shape index (κ1) is 14.9. The van der Waals surface area contributed by atoms with E-state index in [0.717, 1.165) is 18.5 Å². The maximum atomic E-state index is 12.0. The number of hydrogen-bond acceptors (Lipinski definition) is 7. The van der Waals surface area contributed by atoms with Gasteiger partial charge in [0.2, 0.25) is 5.95 Å². The fourth-order valence-corrected chi connectivity index (χ4v) is 2.52. The van der Waals surface area contributed by atoms with Crippen molar-refractivity contribution in [1.82, 2.24) is 9.97 Å². The lowest BCUT2D eigenvalue weighted by molar-refractivity contribution is -0.384. The van der Waals surface area contributed by atoms with Gasteiger partial charge in [-0.05, 0) is 12.1 Å². The van der Waals surface area contributed by atoms with Crippen LogP contribution < -0.4 is 10.5 Å². The third kappa shape index (κ3) is 3.35. The molecule has 0 spiro atoms. The molecule has 0 atom stereocenters. The molecule has 0 aliphatic carbocycles. The minimum Gasteiger partial charge on any atom is -0.368 e. The standard InChI is InChI=1S/C10H8ClN5O4S/c11-8-2-1-6(3-9(8)16(17)18)15-21(19,20)7-4-13-10(12)14-5-7/h1-5,15H,(H2,12,13,14). The third-order valence-electron chi connectivity index (χ3n) is 2.35. The van der Waals surface area contributed by atoms with Gasteiger partial charge in [0.25, 0.3) is 15.7 Å². The molecule has 11 heteroatoms. The Hall–Kier alpha value is -2.46. The number of nitrogens with one attached hydrogen (secondary N) is 1. The van der Waals surface area contributed by atoms with Gasteiger partial charge in [-0.1, -0.05) is 11.6 Å². The van der Waals surface area contributed by atoms with Gasteiger partial charge in [0.1, 0.15) is 9.92 Å². The Kier molecular flexibility index (Phi) is 3.91. The van der Waals surface area contributed by atoms with Crippen molar-refractivity contribution in [3.05, 3.63) is 45.7 Å². The molecule has 0 unspecified atom stereocenters. The number of sulfonamides is 1. The van der Waals surface area contributed by atoms with Crippen LogP contribution in [0.5, 0.6) is 0 Å². The number of hydrogen-bond donors (Lipinski definition) is 2. The Morgan fingerprint density at radius 2 is 1.90 bits per heavy atom. The van der Waals surface area contributed by atoms with Crippen LogP contribution in [-0.2, 0) is 10.0 Å². The van der Waals surface area contributed by atoms with E-state index < -0.39 is 20.6 Å². The molecule has 3 N–H and O–H groups in total. The number of nitrogen functional groups attached to an aromatic ring is 1. The number of nitro groups is 1. The number of nitrogens with zero attached hydrogens (tertiary/aromatic N) is 3. The molecule has 21 heavy (non-hydrogen) atoms. The van der Waals surface area contributed by atoms with Crippen LogP contribution in [0.3, 0.4) is 0 Å². The average Bonchev–Trinajstić information content (AvgIpc) is 2.41. The van der Waals surface area contributed by atoms with E-state index in [4.69, 9.17) is 17.3 Å². The Morgan fingerprint density at radius 1 is 1.29 bits per heavy atom. The Labute approximate surface area is 124 Å². The summed E-state index contributed by atoms with van der Waals surface area (Å²) in [5, 5.41) is 10.7. The summed E-state index contributed by atoms with van der Waals surface area (Å²) in [6.07, 6.45) is 2.05. The topological polar surface area (TPSA) is 141 Å². The Bertz CT molecular complexity index is 794. The van der Waals surface area contributed by atoms with E-state index in [1.165, 1.54) is 12.1 Å². The molecule has 110 valence electrons. The summed E-state index contributed by atoms with van der Waals surface area (Å²) >= 11 is 5.64. The van der Waals surface area contributed by atoms with Crippen molar-refractivity contribution in [2.24, 2.45) is 0 Å². The third-order valence-corrected chi connectivity index (χ3v) is 4.01. The van der Waals surface area contributed by atoms with E-state index in [1.54, 1.807) is 0 Å². The smallest absolute Gasteiger partial charge is 0.289 e. The largest absolute Gasteiger partial charge is 0.368 e. The first-order valence-electron chi connectivity index (χ1n) is 5.34. The highest BCUT2D eigenvalue weighted by Gasteiger charge is 2.18. The summed E-state index contributed by atoms with van der Waals surface area (Å²) in [6, 6.07) is 3.53. The van der Waals surface area contributed by atoms with Gasteiger partial charge in [-0.3, -0.25) is 14.8 Å². The zero-order valence-corrected chi connectivity index (χ0v) is 11.8. The summed E-state index contributed by atoms with van der Waals surface area (Å²) in [6.45, 7) is 0. The lowest BCUT2D eigenvalue weighted by Gasteiger charge is -2.07. The quantitative estimate of drug-likeness (QED) is 0.638. The molecule has 0 aliphatic heterocycles. The monoisotopic (exact) mass is 329 g/mol. The molecule has 0 saturated heterocycles. The normalized spacial score (nSPS) is 11.1. The van der Waals surface area contributed by atoms with E-state index in [2.05, 4.69) is 14.7 Å². The minimum absolute atomic E-state index is 0.0112. The molecule has 1 heterocycles. The molecule has 1 aromatic carbocycles. The van der Waals surface area contributed by atoms with Crippen LogP contribution >= 0.6 is 11.6 Å². The maximum Gasteiger partial charge on any atom is 0.289 e. The van der Waals surface area contributed by atoms with Crippen molar-refractivity contribution < 1.29 is 13.3 Å². The van der Waals surface area contributed by atoms with E-state index in [9.17, 15) is 18.5 Å². The summed E-state index contributed by atoms with van der Waals surface area (Å²) in [5.74, 6) is -0.0731. The second-order valence-electron chi connectivity index (χ2n) is 3.81. The van der Waals surface area contributed by atoms with Crippen LogP contribution in [-0.4, -0.2) is 23.3 Å². The zero-order chi connectivity index (χ0) is 15.6. The summed E-state index contributed by atoms with van der Waals surface area (Å²) < 4.78 is 26.3. The van der Waals surface area contributed by atoms with Crippen LogP contribution in [0.1, 0.15) is 0 Å². The minimum atomic E-state index is -3.98. The van der Waals surface area contributed by atoms with Crippen LogP contribution in [0.25, 0.3) is 0 Å².